The van der Waals surface area contributed by atoms with E-state index >= 15 is 0 Å². The van der Waals surface area contributed by atoms with Crippen LogP contribution >= 0.6 is 0 Å². The van der Waals surface area contributed by atoms with Gasteiger partial charge in [0.2, 0.25) is 0 Å². The first-order valence-electron chi connectivity index (χ1n) is 6.65. The van der Waals surface area contributed by atoms with Crippen molar-refractivity contribution in [1.29, 1.82) is 0 Å². The van der Waals surface area contributed by atoms with Crippen molar-refractivity contribution in [1.82, 2.24) is 15.6 Å². The SMILES string of the molecule is CC(C)C[C@H](NC(=O)NCCc1cccnc1)C(=O)O. The third-order valence-electron chi connectivity index (χ3n) is 2.73. The molecule has 0 radical (unpaired) electrons. The van der Waals surface area contributed by atoms with Gasteiger partial charge in [-0.25, -0.2) is 9.59 Å². The Balaban J connectivity index is 2.33. The van der Waals surface area contributed by atoms with Crippen LogP contribution in [0.4, 0.5) is 4.79 Å². The van der Waals surface area contributed by atoms with E-state index in [9.17, 15) is 9.59 Å². The van der Waals surface area contributed by atoms with Crippen LogP contribution in [0.15, 0.2) is 24.5 Å². The normalized spacial score (nSPS) is 11.9. The fourth-order valence-corrected chi connectivity index (χ4v) is 1.77. The number of amides is 2. The summed E-state index contributed by atoms with van der Waals surface area (Å²) in [4.78, 5) is 26.6. The topological polar surface area (TPSA) is 91.3 Å². The first-order chi connectivity index (χ1) is 9.49. The molecule has 1 heterocycles. The Bertz CT molecular complexity index is 435. The average molecular weight is 279 g/mol. The summed E-state index contributed by atoms with van der Waals surface area (Å²) in [6.45, 7) is 4.27. The lowest BCUT2D eigenvalue weighted by molar-refractivity contribution is -0.139. The minimum atomic E-state index is -1.01. The van der Waals surface area contributed by atoms with Crippen molar-refractivity contribution in [3.05, 3.63) is 30.1 Å². The van der Waals surface area contributed by atoms with Gasteiger partial charge in [0.15, 0.2) is 0 Å². The molecule has 20 heavy (non-hydrogen) atoms. The molecule has 0 spiro atoms. The van der Waals surface area contributed by atoms with E-state index < -0.39 is 18.0 Å². The molecule has 0 aromatic carbocycles. The minimum Gasteiger partial charge on any atom is -0.480 e. The zero-order chi connectivity index (χ0) is 15.0. The molecule has 1 aromatic heterocycles. The summed E-state index contributed by atoms with van der Waals surface area (Å²) >= 11 is 0. The van der Waals surface area contributed by atoms with Crippen LogP contribution in [0, 0.1) is 5.92 Å². The Kier molecular flexibility index (Phi) is 6.49. The van der Waals surface area contributed by atoms with Gasteiger partial charge in [0.1, 0.15) is 6.04 Å². The van der Waals surface area contributed by atoms with E-state index in [1.807, 2.05) is 26.0 Å². The Morgan fingerprint density at radius 2 is 2.15 bits per heavy atom. The van der Waals surface area contributed by atoms with Gasteiger partial charge in [-0.3, -0.25) is 4.98 Å². The first-order valence-corrected chi connectivity index (χ1v) is 6.65. The van der Waals surface area contributed by atoms with E-state index in [0.29, 0.717) is 19.4 Å². The molecule has 0 aliphatic carbocycles. The maximum absolute atomic E-state index is 11.6. The van der Waals surface area contributed by atoms with Crippen molar-refractivity contribution in [3.8, 4) is 0 Å². The standard InChI is InChI=1S/C14H21N3O3/c1-10(2)8-12(13(18)19)17-14(20)16-7-5-11-4-3-6-15-9-11/h3-4,6,9-10,12H,5,7-8H2,1-2H3,(H,18,19)(H2,16,17,20)/t12-/m0/s1. The van der Waals surface area contributed by atoms with Gasteiger partial charge in [-0.15, -0.1) is 0 Å². The zero-order valence-electron chi connectivity index (χ0n) is 11.8. The monoisotopic (exact) mass is 279 g/mol. The summed E-state index contributed by atoms with van der Waals surface area (Å²) in [7, 11) is 0. The lowest BCUT2D eigenvalue weighted by Crippen LogP contribution is -2.47. The van der Waals surface area contributed by atoms with Gasteiger partial charge in [0.25, 0.3) is 0 Å². The Morgan fingerprint density at radius 1 is 1.40 bits per heavy atom. The number of aliphatic carboxylic acids is 1. The van der Waals surface area contributed by atoms with Crippen molar-refractivity contribution < 1.29 is 14.7 Å². The third kappa shape index (κ3) is 6.17. The lowest BCUT2D eigenvalue weighted by atomic mass is 10.0. The summed E-state index contributed by atoms with van der Waals surface area (Å²) in [6.07, 6.45) is 4.49. The van der Waals surface area contributed by atoms with Gasteiger partial charge in [-0.2, -0.15) is 0 Å². The molecular formula is C14H21N3O3. The van der Waals surface area contributed by atoms with Gasteiger partial charge >= 0.3 is 12.0 Å². The summed E-state index contributed by atoms with van der Waals surface area (Å²) < 4.78 is 0. The molecule has 6 heteroatoms. The molecular weight excluding hydrogens is 258 g/mol. The fraction of sp³-hybridized carbons (Fsp3) is 0.500. The number of urea groups is 1. The Morgan fingerprint density at radius 3 is 2.70 bits per heavy atom. The number of hydrogen-bond donors (Lipinski definition) is 3. The largest absolute Gasteiger partial charge is 0.480 e. The predicted octanol–water partition coefficient (Wildman–Crippen LogP) is 1.42. The fourth-order valence-electron chi connectivity index (χ4n) is 1.77. The van der Waals surface area contributed by atoms with Crippen LogP contribution < -0.4 is 10.6 Å². The quantitative estimate of drug-likeness (QED) is 0.704. The number of nitrogens with zero attached hydrogens (tertiary/aromatic N) is 1. The van der Waals surface area contributed by atoms with Crippen molar-refractivity contribution in [2.24, 2.45) is 5.92 Å². The second-order valence-electron chi connectivity index (χ2n) is 5.03. The molecule has 2 amide bonds. The maximum atomic E-state index is 11.6. The minimum absolute atomic E-state index is 0.201. The molecule has 1 atom stereocenters. The Labute approximate surface area is 118 Å². The predicted molar refractivity (Wildman–Crippen MR) is 75.4 cm³/mol. The van der Waals surface area contributed by atoms with Crippen LogP contribution in [0.1, 0.15) is 25.8 Å². The highest BCUT2D eigenvalue weighted by molar-refractivity contribution is 5.82. The molecule has 110 valence electrons. The smallest absolute Gasteiger partial charge is 0.326 e. The number of aromatic nitrogens is 1. The van der Waals surface area contributed by atoms with Crippen molar-refractivity contribution in [3.63, 3.8) is 0 Å². The van der Waals surface area contributed by atoms with Gasteiger partial charge < -0.3 is 15.7 Å². The van der Waals surface area contributed by atoms with Crippen LogP contribution in [0.3, 0.4) is 0 Å². The van der Waals surface area contributed by atoms with Gasteiger partial charge in [-0.1, -0.05) is 19.9 Å². The second-order valence-corrected chi connectivity index (χ2v) is 5.03. The van der Waals surface area contributed by atoms with Crippen LogP contribution in [0.5, 0.6) is 0 Å². The van der Waals surface area contributed by atoms with Crippen LogP contribution in [0.25, 0.3) is 0 Å². The van der Waals surface area contributed by atoms with Gasteiger partial charge in [0.05, 0.1) is 0 Å². The van der Waals surface area contributed by atoms with E-state index in [1.165, 1.54) is 0 Å². The highest BCUT2D eigenvalue weighted by Crippen LogP contribution is 2.04. The second kappa shape index (κ2) is 8.14. The summed E-state index contributed by atoms with van der Waals surface area (Å²) in [5.74, 6) is -0.812. The number of rotatable bonds is 7. The number of nitrogens with one attached hydrogen (secondary N) is 2. The molecule has 1 aromatic rings. The van der Waals surface area contributed by atoms with Crippen LogP contribution in [-0.4, -0.2) is 34.7 Å². The molecule has 1 rings (SSSR count). The molecule has 3 N–H and O–H groups in total. The van der Waals surface area contributed by atoms with E-state index in [2.05, 4.69) is 15.6 Å². The highest BCUT2D eigenvalue weighted by atomic mass is 16.4. The number of pyridine rings is 1. The molecule has 0 aliphatic rings. The van der Waals surface area contributed by atoms with E-state index in [1.54, 1.807) is 12.4 Å². The number of carbonyl (C=O) groups is 2. The molecule has 0 fully saturated rings. The van der Waals surface area contributed by atoms with E-state index in [-0.39, 0.29) is 5.92 Å². The first kappa shape index (κ1) is 15.9. The molecule has 6 nitrogen and oxygen atoms in total. The van der Waals surface area contributed by atoms with Crippen molar-refractivity contribution in [2.75, 3.05) is 6.54 Å². The molecule has 0 unspecified atom stereocenters. The molecule has 0 bridgehead atoms. The number of carboxylic acids is 1. The van der Waals surface area contributed by atoms with Crippen LogP contribution in [-0.2, 0) is 11.2 Å². The van der Waals surface area contributed by atoms with Crippen molar-refractivity contribution in [2.45, 2.75) is 32.7 Å². The summed E-state index contributed by atoms with van der Waals surface area (Å²) in [5, 5.41) is 14.1. The molecule has 0 saturated carbocycles. The molecule has 0 aliphatic heterocycles. The van der Waals surface area contributed by atoms with Crippen LogP contribution in [0.2, 0.25) is 0 Å². The summed E-state index contributed by atoms with van der Waals surface area (Å²) in [6, 6.07) is 2.44. The lowest BCUT2D eigenvalue weighted by Gasteiger charge is -2.16. The third-order valence-corrected chi connectivity index (χ3v) is 2.73. The maximum Gasteiger partial charge on any atom is 0.326 e. The van der Waals surface area contributed by atoms with Crippen molar-refractivity contribution >= 4 is 12.0 Å². The van der Waals surface area contributed by atoms with Gasteiger partial charge in [-0.05, 0) is 30.4 Å². The number of carbonyl (C=O) groups excluding carboxylic acids is 1. The number of hydrogen-bond acceptors (Lipinski definition) is 3. The number of carboxylic acid groups (broad SMARTS) is 1. The Hall–Kier alpha value is -2.11. The molecule has 0 saturated heterocycles. The highest BCUT2D eigenvalue weighted by Gasteiger charge is 2.20. The van der Waals surface area contributed by atoms with E-state index in [4.69, 9.17) is 5.11 Å². The summed E-state index contributed by atoms with van der Waals surface area (Å²) in [5.41, 5.74) is 1.02. The van der Waals surface area contributed by atoms with E-state index in [0.717, 1.165) is 5.56 Å². The average Bonchev–Trinajstić information content (AvgIpc) is 2.38. The zero-order valence-corrected chi connectivity index (χ0v) is 11.8. The van der Waals surface area contributed by atoms with Gasteiger partial charge in [0, 0.05) is 18.9 Å².